The van der Waals surface area contributed by atoms with Crippen LogP contribution in [0.25, 0.3) is 44.8 Å². The smallest absolute Gasteiger partial charge is 0.125 e. The van der Waals surface area contributed by atoms with E-state index in [1.807, 2.05) is 53.3 Å². The lowest BCUT2D eigenvalue weighted by Crippen LogP contribution is -2.18. The Morgan fingerprint density at radius 1 is 0.703 bits per heavy atom. The second-order valence-electron chi connectivity index (χ2n) is 10.2. The van der Waals surface area contributed by atoms with Crippen LogP contribution in [0.3, 0.4) is 0 Å². The van der Waals surface area contributed by atoms with Crippen LogP contribution in [-0.4, -0.2) is 24.4 Å². The largest absolute Gasteiger partial charge is 0.507 e. The second-order valence-corrected chi connectivity index (χ2v) is 10.2. The molecule has 4 aromatic carbocycles. The molecule has 0 saturated heterocycles. The van der Waals surface area contributed by atoms with Gasteiger partial charge in [0.15, 0.2) is 0 Å². The summed E-state index contributed by atoms with van der Waals surface area (Å²) in [5.74, 6) is 1.24. The predicted molar refractivity (Wildman–Crippen MR) is 149 cm³/mol. The van der Waals surface area contributed by atoms with Gasteiger partial charge in [-0.15, -0.1) is 0 Å². The van der Waals surface area contributed by atoms with Crippen molar-refractivity contribution in [1.82, 2.24) is 19.3 Å². The van der Waals surface area contributed by atoms with Crippen molar-refractivity contribution >= 4 is 11.0 Å². The van der Waals surface area contributed by atoms with Crippen LogP contribution in [0, 0.1) is 0 Å². The van der Waals surface area contributed by atoms with Crippen LogP contribution in [-0.2, 0) is 5.41 Å². The predicted octanol–water partition coefficient (Wildman–Crippen LogP) is 7.55. The lowest BCUT2D eigenvalue weighted by atomic mass is 9.95. The lowest BCUT2D eigenvalue weighted by Gasteiger charge is -2.20. The van der Waals surface area contributed by atoms with E-state index in [1.165, 1.54) is 0 Å². The Bertz CT molecular complexity index is 1720. The Balaban J connectivity index is 1.48. The zero-order valence-corrected chi connectivity index (χ0v) is 21.1. The molecular formula is C32H28N4O. The normalized spacial score (nSPS) is 11.8. The highest BCUT2D eigenvalue weighted by Crippen LogP contribution is 2.35. The average molecular weight is 485 g/mol. The van der Waals surface area contributed by atoms with E-state index in [9.17, 15) is 5.11 Å². The number of fused-ring (bicyclic) bond motifs is 1. The van der Waals surface area contributed by atoms with Crippen molar-refractivity contribution in [1.29, 1.82) is 0 Å². The second kappa shape index (κ2) is 8.79. The van der Waals surface area contributed by atoms with E-state index in [1.54, 1.807) is 6.07 Å². The van der Waals surface area contributed by atoms with Gasteiger partial charge in [0.2, 0.25) is 0 Å². The molecule has 0 fully saturated rings. The molecule has 0 amide bonds. The van der Waals surface area contributed by atoms with E-state index in [-0.39, 0.29) is 11.2 Å². The van der Waals surface area contributed by atoms with Crippen LogP contribution in [0.1, 0.15) is 26.6 Å². The molecule has 0 atom stereocenters. The molecule has 5 nitrogen and oxygen atoms in total. The molecule has 0 saturated carbocycles. The third kappa shape index (κ3) is 4.08. The summed E-state index contributed by atoms with van der Waals surface area (Å²) in [6.45, 7) is 6.61. The Hall–Kier alpha value is -4.64. The highest BCUT2D eigenvalue weighted by atomic mass is 16.3. The van der Waals surface area contributed by atoms with Gasteiger partial charge in [0.1, 0.15) is 11.6 Å². The van der Waals surface area contributed by atoms with Crippen LogP contribution in [0.4, 0.5) is 0 Å². The fourth-order valence-corrected chi connectivity index (χ4v) is 4.79. The first-order valence-electron chi connectivity index (χ1n) is 12.4. The lowest BCUT2D eigenvalue weighted by molar-refractivity contribution is 0.477. The van der Waals surface area contributed by atoms with E-state index in [2.05, 4.69) is 79.9 Å². The quantitative estimate of drug-likeness (QED) is 0.281. The van der Waals surface area contributed by atoms with Gasteiger partial charge < -0.3 is 5.11 Å². The molecule has 2 heterocycles. The molecule has 1 N–H and O–H groups in total. The van der Waals surface area contributed by atoms with Gasteiger partial charge in [0, 0.05) is 28.4 Å². The summed E-state index contributed by atoms with van der Waals surface area (Å²) >= 11 is 0. The molecular weight excluding hydrogens is 456 g/mol. The number of phenols is 1. The molecule has 0 aliphatic heterocycles. The highest BCUT2D eigenvalue weighted by Gasteiger charge is 2.25. The number of nitrogens with zero attached hydrogens (tertiary/aromatic N) is 4. The molecule has 6 rings (SSSR count). The number of para-hydroxylation sites is 3. The Morgan fingerprint density at radius 2 is 1.41 bits per heavy atom. The van der Waals surface area contributed by atoms with Gasteiger partial charge in [-0.05, 0) is 54.1 Å². The summed E-state index contributed by atoms with van der Waals surface area (Å²) in [6, 6.07) is 34.3. The van der Waals surface area contributed by atoms with Gasteiger partial charge >= 0.3 is 0 Å². The number of hydrogen-bond donors (Lipinski definition) is 1. The minimum atomic E-state index is -0.136. The van der Waals surface area contributed by atoms with Gasteiger partial charge in [0.05, 0.1) is 22.4 Å². The van der Waals surface area contributed by atoms with Crippen molar-refractivity contribution in [2.45, 2.75) is 26.2 Å². The highest BCUT2D eigenvalue weighted by molar-refractivity contribution is 5.94. The Kier molecular flexibility index (Phi) is 5.41. The summed E-state index contributed by atoms with van der Waals surface area (Å²) in [5.41, 5.74) is 7.55. The maximum atomic E-state index is 10.2. The third-order valence-corrected chi connectivity index (χ3v) is 6.56. The molecule has 182 valence electrons. The van der Waals surface area contributed by atoms with E-state index in [0.717, 1.165) is 45.1 Å². The van der Waals surface area contributed by atoms with Crippen molar-refractivity contribution in [3.05, 3.63) is 115 Å². The topological polar surface area (TPSA) is 55.9 Å². The standard InChI is InChI=1S/C32H28N4O/c1-32(2,3)31-33-30-25(16-10-17-28(30)36(31)23-12-5-4-6-13-23)22-11-9-14-24(21-22)35-20-19-27(34-35)26-15-7-8-18-29(26)37/h4-21,37H,1-3H3. The summed E-state index contributed by atoms with van der Waals surface area (Å²) < 4.78 is 4.11. The zero-order valence-electron chi connectivity index (χ0n) is 21.1. The molecule has 5 heteroatoms. The number of aromatic hydroxyl groups is 1. The van der Waals surface area contributed by atoms with Crippen LogP contribution in [0.15, 0.2) is 109 Å². The summed E-state index contributed by atoms with van der Waals surface area (Å²) in [4.78, 5) is 5.21. The first-order valence-corrected chi connectivity index (χ1v) is 12.4. The zero-order chi connectivity index (χ0) is 25.6. The minimum Gasteiger partial charge on any atom is -0.507 e. The Morgan fingerprint density at radius 3 is 2.19 bits per heavy atom. The Labute approximate surface area is 216 Å². The number of rotatable bonds is 4. The van der Waals surface area contributed by atoms with Crippen LogP contribution in [0.2, 0.25) is 0 Å². The number of aromatic nitrogens is 4. The molecule has 0 aliphatic rings. The fourth-order valence-electron chi connectivity index (χ4n) is 4.79. The SMILES string of the molecule is CC(C)(C)c1nc2c(-c3cccc(-n4ccc(-c5ccccc5O)n4)c3)cccc2n1-c1ccccc1. The molecule has 0 aliphatic carbocycles. The third-order valence-electron chi connectivity index (χ3n) is 6.56. The number of phenolic OH excluding ortho intramolecular Hbond substituents is 1. The van der Waals surface area contributed by atoms with Crippen LogP contribution < -0.4 is 0 Å². The first kappa shape index (κ1) is 22.8. The van der Waals surface area contributed by atoms with Crippen molar-refractivity contribution in [3.8, 4) is 39.5 Å². The summed E-state index contributed by atoms with van der Waals surface area (Å²) in [5, 5.41) is 15.0. The van der Waals surface area contributed by atoms with Crippen molar-refractivity contribution in [2.75, 3.05) is 0 Å². The van der Waals surface area contributed by atoms with Crippen LogP contribution in [0.5, 0.6) is 5.75 Å². The molecule has 0 bridgehead atoms. The molecule has 2 aromatic heterocycles. The summed E-state index contributed by atoms with van der Waals surface area (Å²) in [7, 11) is 0. The van der Waals surface area contributed by atoms with Gasteiger partial charge in [-0.2, -0.15) is 5.10 Å². The van der Waals surface area contributed by atoms with Crippen molar-refractivity contribution in [3.63, 3.8) is 0 Å². The molecule has 0 spiro atoms. The molecule has 37 heavy (non-hydrogen) atoms. The molecule has 0 unspecified atom stereocenters. The van der Waals surface area contributed by atoms with E-state index < -0.39 is 0 Å². The number of benzene rings is 4. The maximum Gasteiger partial charge on any atom is 0.125 e. The minimum absolute atomic E-state index is 0.136. The summed E-state index contributed by atoms with van der Waals surface area (Å²) in [6.07, 6.45) is 1.92. The van der Waals surface area contributed by atoms with Gasteiger partial charge in [-0.25, -0.2) is 9.67 Å². The monoisotopic (exact) mass is 484 g/mol. The number of hydrogen-bond acceptors (Lipinski definition) is 3. The van der Waals surface area contributed by atoms with Crippen molar-refractivity contribution < 1.29 is 5.11 Å². The molecule has 6 aromatic rings. The first-order chi connectivity index (χ1) is 17.9. The molecule has 0 radical (unpaired) electrons. The maximum absolute atomic E-state index is 10.2. The van der Waals surface area contributed by atoms with E-state index in [4.69, 9.17) is 10.1 Å². The average Bonchev–Trinajstić information content (AvgIpc) is 3.55. The van der Waals surface area contributed by atoms with Crippen LogP contribution >= 0.6 is 0 Å². The fraction of sp³-hybridized carbons (Fsp3) is 0.125. The van der Waals surface area contributed by atoms with Gasteiger partial charge in [0.25, 0.3) is 0 Å². The van der Waals surface area contributed by atoms with Gasteiger partial charge in [-0.3, -0.25) is 4.57 Å². The van der Waals surface area contributed by atoms with Gasteiger partial charge in [-0.1, -0.05) is 75.4 Å². The van der Waals surface area contributed by atoms with E-state index in [0.29, 0.717) is 5.56 Å². The van der Waals surface area contributed by atoms with E-state index >= 15 is 0 Å². The number of imidazole rings is 1. The van der Waals surface area contributed by atoms with Crippen molar-refractivity contribution in [2.24, 2.45) is 0 Å².